The van der Waals surface area contributed by atoms with Crippen molar-refractivity contribution in [3.8, 4) is 0 Å². The Morgan fingerprint density at radius 2 is 1.76 bits per heavy atom. The number of amides is 2. The zero-order valence-corrected chi connectivity index (χ0v) is 11.9. The highest BCUT2D eigenvalue weighted by Gasteiger charge is 2.11. The van der Waals surface area contributed by atoms with Gasteiger partial charge in [-0.3, -0.25) is 9.59 Å². The van der Waals surface area contributed by atoms with Gasteiger partial charge in [0.05, 0.1) is 12.1 Å². The van der Waals surface area contributed by atoms with Gasteiger partial charge in [-0.2, -0.15) is 0 Å². The van der Waals surface area contributed by atoms with Crippen molar-refractivity contribution in [3.63, 3.8) is 0 Å². The average molecular weight is 296 g/mol. The Labute approximate surface area is 123 Å². The van der Waals surface area contributed by atoms with Crippen LogP contribution in [0.2, 0.25) is 0 Å². The Bertz CT molecular complexity index is 466. The van der Waals surface area contributed by atoms with E-state index in [4.69, 9.17) is 5.11 Å². The highest BCUT2D eigenvalue weighted by atomic mass is 19.1. The Kier molecular flexibility index (Phi) is 8.04. The minimum absolute atomic E-state index is 0.0747. The van der Waals surface area contributed by atoms with Gasteiger partial charge in [0, 0.05) is 13.2 Å². The Morgan fingerprint density at radius 1 is 1.05 bits per heavy atom. The van der Waals surface area contributed by atoms with Crippen molar-refractivity contribution in [2.24, 2.45) is 0 Å². The lowest BCUT2D eigenvalue weighted by atomic mass is 10.2. The summed E-state index contributed by atoms with van der Waals surface area (Å²) in [7, 11) is 0. The molecular formula is C15H21FN2O3. The van der Waals surface area contributed by atoms with Crippen molar-refractivity contribution < 1.29 is 19.1 Å². The zero-order valence-electron chi connectivity index (χ0n) is 11.9. The second-order valence-electron chi connectivity index (χ2n) is 4.65. The van der Waals surface area contributed by atoms with E-state index < -0.39 is 11.7 Å². The van der Waals surface area contributed by atoms with Crippen LogP contribution < -0.4 is 10.6 Å². The molecular weight excluding hydrogens is 275 g/mol. The second-order valence-corrected chi connectivity index (χ2v) is 4.65. The topological polar surface area (TPSA) is 78.4 Å². The molecule has 1 aromatic carbocycles. The highest BCUT2D eigenvalue weighted by molar-refractivity contribution is 5.96. The Morgan fingerprint density at radius 3 is 2.48 bits per heavy atom. The standard InChI is InChI=1S/C15H21FN2O3/c16-13-8-4-3-7-12(13)15(21)18-11-14(20)17-9-5-1-2-6-10-19/h3-4,7-8,19H,1-2,5-6,9-11H2,(H,17,20)(H,18,21). The van der Waals surface area contributed by atoms with Crippen molar-refractivity contribution in [2.45, 2.75) is 25.7 Å². The molecule has 1 aromatic rings. The predicted octanol–water partition coefficient (Wildman–Crippen LogP) is 1.22. The molecule has 0 bridgehead atoms. The maximum atomic E-state index is 13.3. The predicted molar refractivity (Wildman–Crippen MR) is 77.3 cm³/mol. The molecule has 21 heavy (non-hydrogen) atoms. The third kappa shape index (κ3) is 6.85. The maximum absolute atomic E-state index is 13.3. The fourth-order valence-electron chi connectivity index (χ4n) is 1.78. The molecule has 5 nitrogen and oxygen atoms in total. The van der Waals surface area contributed by atoms with E-state index in [0.29, 0.717) is 6.54 Å². The van der Waals surface area contributed by atoms with Crippen LogP contribution in [0.25, 0.3) is 0 Å². The number of halogens is 1. The van der Waals surface area contributed by atoms with E-state index in [1.807, 2.05) is 0 Å². The molecule has 1 rings (SSSR count). The van der Waals surface area contributed by atoms with Gasteiger partial charge in [0.2, 0.25) is 5.91 Å². The number of nitrogens with one attached hydrogen (secondary N) is 2. The van der Waals surface area contributed by atoms with E-state index in [-0.39, 0.29) is 24.6 Å². The molecule has 2 amide bonds. The maximum Gasteiger partial charge on any atom is 0.254 e. The third-order valence-corrected chi connectivity index (χ3v) is 2.94. The number of benzene rings is 1. The van der Waals surface area contributed by atoms with E-state index >= 15 is 0 Å². The third-order valence-electron chi connectivity index (χ3n) is 2.94. The van der Waals surface area contributed by atoms with Gasteiger partial charge in [-0.1, -0.05) is 25.0 Å². The van der Waals surface area contributed by atoms with Crippen LogP contribution in [0.4, 0.5) is 4.39 Å². The van der Waals surface area contributed by atoms with Gasteiger partial charge in [0.1, 0.15) is 5.82 Å². The molecule has 3 N–H and O–H groups in total. The molecule has 0 saturated carbocycles. The summed E-state index contributed by atoms with van der Waals surface area (Å²) >= 11 is 0. The molecule has 0 spiro atoms. The summed E-state index contributed by atoms with van der Waals surface area (Å²) in [6.07, 6.45) is 3.46. The average Bonchev–Trinajstić information content (AvgIpc) is 2.49. The van der Waals surface area contributed by atoms with Gasteiger partial charge in [-0.05, 0) is 25.0 Å². The number of carbonyl (C=O) groups is 2. The van der Waals surface area contributed by atoms with Crippen molar-refractivity contribution in [3.05, 3.63) is 35.6 Å². The van der Waals surface area contributed by atoms with E-state index in [2.05, 4.69) is 10.6 Å². The first-order valence-electron chi connectivity index (χ1n) is 7.05. The molecule has 0 fully saturated rings. The summed E-state index contributed by atoms with van der Waals surface area (Å²) in [5, 5.41) is 13.7. The van der Waals surface area contributed by atoms with Gasteiger partial charge >= 0.3 is 0 Å². The second kappa shape index (κ2) is 9.88. The number of aliphatic hydroxyl groups is 1. The molecule has 0 unspecified atom stereocenters. The number of rotatable bonds is 9. The number of unbranched alkanes of at least 4 members (excludes halogenated alkanes) is 3. The molecule has 0 aliphatic heterocycles. The van der Waals surface area contributed by atoms with E-state index in [9.17, 15) is 14.0 Å². The summed E-state index contributed by atoms with van der Waals surface area (Å²) in [5.74, 6) is -1.52. The van der Waals surface area contributed by atoms with Crippen LogP contribution in [0.5, 0.6) is 0 Å². The van der Waals surface area contributed by atoms with E-state index in [1.54, 1.807) is 6.07 Å². The fraction of sp³-hybridized carbons (Fsp3) is 0.467. The quantitative estimate of drug-likeness (QED) is 0.600. The summed E-state index contributed by atoms with van der Waals surface area (Å²) in [5.41, 5.74) is -0.0747. The number of hydrogen-bond donors (Lipinski definition) is 3. The molecule has 0 aromatic heterocycles. The largest absolute Gasteiger partial charge is 0.396 e. The van der Waals surface area contributed by atoms with Gasteiger partial charge in [0.15, 0.2) is 0 Å². The van der Waals surface area contributed by atoms with E-state index in [0.717, 1.165) is 25.7 Å². The Hall–Kier alpha value is -1.95. The summed E-state index contributed by atoms with van der Waals surface area (Å²) in [4.78, 5) is 23.2. The van der Waals surface area contributed by atoms with Crippen molar-refractivity contribution in [1.82, 2.24) is 10.6 Å². The van der Waals surface area contributed by atoms with Gasteiger partial charge in [-0.15, -0.1) is 0 Å². The first-order valence-corrected chi connectivity index (χ1v) is 7.05. The number of hydrogen-bond acceptors (Lipinski definition) is 3. The summed E-state index contributed by atoms with van der Waals surface area (Å²) in [6, 6.07) is 5.62. The van der Waals surface area contributed by atoms with Crippen LogP contribution >= 0.6 is 0 Å². The molecule has 0 saturated heterocycles. The van der Waals surface area contributed by atoms with Gasteiger partial charge < -0.3 is 15.7 Å². The highest BCUT2D eigenvalue weighted by Crippen LogP contribution is 2.05. The molecule has 0 heterocycles. The van der Waals surface area contributed by atoms with Gasteiger partial charge in [0.25, 0.3) is 5.91 Å². The fourth-order valence-corrected chi connectivity index (χ4v) is 1.78. The monoisotopic (exact) mass is 296 g/mol. The number of carbonyl (C=O) groups excluding carboxylic acids is 2. The van der Waals surface area contributed by atoms with Crippen LogP contribution in [0.3, 0.4) is 0 Å². The lowest BCUT2D eigenvalue weighted by molar-refractivity contribution is -0.120. The normalized spacial score (nSPS) is 10.2. The first-order chi connectivity index (χ1) is 10.1. The van der Waals surface area contributed by atoms with E-state index in [1.165, 1.54) is 18.2 Å². The smallest absolute Gasteiger partial charge is 0.254 e. The van der Waals surface area contributed by atoms with Crippen molar-refractivity contribution in [2.75, 3.05) is 19.7 Å². The van der Waals surface area contributed by atoms with Crippen molar-refractivity contribution in [1.29, 1.82) is 0 Å². The first kappa shape index (κ1) is 17.1. The molecule has 116 valence electrons. The Balaban J connectivity index is 2.18. The van der Waals surface area contributed by atoms with Gasteiger partial charge in [-0.25, -0.2) is 4.39 Å². The van der Waals surface area contributed by atoms with Crippen LogP contribution in [0.15, 0.2) is 24.3 Å². The van der Waals surface area contributed by atoms with Crippen LogP contribution in [-0.4, -0.2) is 36.6 Å². The summed E-state index contributed by atoms with van der Waals surface area (Å²) in [6.45, 7) is 0.540. The summed E-state index contributed by atoms with van der Waals surface area (Å²) < 4.78 is 13.3. The lowest BCUT2D eigenvalue weighted by Gasteiger charge is -2.07. The van der Waals surface area contributed by atoms with Crippen LogP contribution in [-0.2, 0) is 4.79 Å². The minimum atomic E-state index is -0.612. The zero-order chi connectivity index (χ0) is 15.5. The molecule has 0 radical (unpaired) electrons. The van der Waals surface area contributed by atoms with Crippen molar-refractivity contribution >= 4 is 11.8 Å². The number of aliphatic hydroxyl groups excluding tert-OH is 1. The molecule has 0 aliphatic carbocycles. The molecule has 6 heteroatoms. The minimum Gasteiger partial charge on any atom is -0.396 e. The van der Waals surface area contributed by atoms with Crippen LogP contribution in [0.1, 0.15) is 36.0 Å². The SMILES string of the molecule is O=C(CNC(=O)c1ccccc1F)NCCCCCCO. The molecule has 0 atom stereocenters. The molecule has 0 aliphatic rings. The van der Waals surface area contributed by atoms with Crippen LogP contribution in [0, 0.1) is 5.82 Å². The lowest BCUT2D eigenvalue weighted by Crippen LogP contribution is -2.37.